The van der Waals surface area contributed by atoms with Crippen LogP contribution in [0.3, 0.4) is 0 Å². The summed E-state index contributed by atoms with van der Waals surface area (Å²) in [6, 6.07) is 14.6. The number of nitrogens with one attached hydrogen (secondary N) is 1. The van der Waals surface area contributed by atoms with E-state index in [2.05, 4.69) is 5.32 Å². The van der Waals surface area contributed by atoms with Gasteiger partial charge in [-0.2, -0.15) is 0 Å². The van der Waals surface area contributed by atoms with Crippen molar-refractivity contribution >= 4 is 23.5 Å². The molecule has 0 saturated carbocycles. The van der Waals surface area contributed by atoms with Crippen LogP contribution in [-0.2, 0) is 22.4 Å². The Hall–Kier alpha value is -3.35. The van der Waals surface area contributed by atoms with E-state index in [1.54, 1.807) is 18.9 Å². The Bertz CT molecular complexity index is 1010. The van der Waals surface area contributed by atoms with Gasteiger partial charge in [-0.1, -0.05) is 36.4 Å². The molecule has 1 N–H and O–H groups in total. The summed E-state index contributed by atoms with van der Waals surface area (Å²) in [6.45, 7) is 1.98. The second kappa shape index (κ2) is 7.82. The van der Waals surface area contributed by atoms with Crippen molar-refractivity contribution in [2.75, 3.05) is 25.1 Å². The summed E-state index contributed by atoms with van der Waals surface area (Å²) in [5.41, 5.74) is 1.65. The third-order valence-corrected chi connectivity index (χ3v) is 5.79. The number of hydrogen-bond acceptors (Lipinski definition) is 4. The molecule has 156 valence electrons. The third-order valence-electron chi connectivity index (χ3n) is 5.79. The summed E-state index contributed by atoms with van der Waals surface area (Å²) in [4.78, 5) is 41.4. The fourth-order valence-electron chi connectivity index (χ4n) is 4.25. The monoisotopic (exact) mass is 407 g/mol. The molecule has 4 rings (SSSR count). The van der Waals surface area contributed by atoms with Gasteiger partial charge in [0, 0.05) is 18.7 Å². The highest BCUT2D eigenvalue weighted by Crippen LogP contribution is 2.29. The van der Waals surface area contributed by atoms with Crippen LogP contribution in [0.2, 0.25) is 0 Å². The first-order chi connectivity index (χ1) is 14.4. The summed E-state index contributed by atoms with van der Waals surface area (Å²) in [5, 5.41) is 2.77. The molecule has 1 fully saturated rings. The number of rotatable bonds is 5. The van der Waals surface area contributed by atoms with Gasteiger partial charge >= 0.3 is 6.03 Å². The van der Waals surface area contributed by atoms with Crippen LogP contribution in [-0.4, -0.2) is 48.5 Å². The fraction of sp³-hybridized carbons (Fsp3) is 0.348. The molecular weight excluding hydrogens is 382 g/mol. The van der Waals surface area contributed by atoms with Crippen LogP contribution < -0.4 is 15.0 Å². The predicted octanol–water partition coefficient (Wildman–Crippen LogP) is 2.53. The molecule has 30 heavy (non-hydrogen) atoms. The van der Waals surface area contributed by atoms with E-state index in [0.29, 0.717) is 12.3 Å². The van der Waals surface area contributed by atoms with Crippen molar-refractivity contribution in [3.8, 4) is 5.75 Å². The van der Waals surface area contributed by atoms with Gasteiger partial charge in [0.1, 0.15) is 17.8 Å². The molecule has 2 aromatic rings. The Kier molecular flexibility index (Phi) is 5.20. The largest absolute Gasteiger partial charge is 0.496 e. The van der Waals surface area contributed by atoms with E-state index in [-0.39, 0.29) is 18.9 Å². The number of urea groups is 1. The maximum Gasteiger partial charge on any atom is 0.325 e. The maximum atomic E-state index is 13.1. The van der Waals surface area contributed by atoms with Crippen molar-refractivity contribution in [1.82, 2.24) is 10.2 Å². The second-order valence-electron chi connectivity index (χ2n) is 7.92. The highest BCUT2D eigenvalue weighted by molar-refractivity contribution is 6.10. The molecule has 4 amide bonds. The minimum atomic E-state index is -1.13. The number of hydrogen-bond donors (Lipinski definition) is 1. The first-order valence-electron chi connectivity index (χ1n) is 10.1. The molecule has 0 aliphatic carbocycles. The molecular formula is C23H25N3O4. The van der Waals surface area contributed by atoms with Crippen LogP contribution in [0, 0.1) is 0 Å². The van der Waals surface area contributed by atoms with Gasteiger partial charge in [0.2, 0.25) is 5.91 Å². The number of carbonyl (C=O) groups is 3. The minimum absolute atomic E-state index is 0.257. The van der Waals surface area contributed by atoms with Crippen LogP contribution in [0.25, 0.3) is 0 Å². The van der Waals surface area contributed by atoms with Crippen molar-refractivity contribution in [2.45, 2.75) is 31.7 Å². The molecule has 0 bridgehead atoms. The highest BCUT2D eigenvalue weighted by atomic mass is 16.5. The summed E-state index contributed by atoms with van der Waals surface area (Å²) < 4.78 is 5.37. The topological polar surface area (TPSA) is 79.0 Å². The number of imide groups is 1. The van der Waals surface area contributed by atoms with Crippen molar-refractivity contribution in [2.24, 2.45) is 0 Å². The lowest BCUT2D eigenvalue weighted by Crippen LogP contribution is -2.47. The number of ether oxygens (including phenoxy) is 1. The summed E-state index contributed by atoms with van der Waals surface area (Å²) >= 11 is 0. The summed E-state index contributed by atoms with van der Waals surface area (Å²) in [5.74, 6) is -0.00975. The molecule has 0 spiro atoms. The Morgan fingerprint density at radius 1 is 1.13 bits per heavy atom. The zero-order valence-corrected chi connectivity index (χ0v) is 17.2. The van der Waals surface area contributed by atoms with Crippen molar-refractivity contribution in [3.05, 3.63) is 59.7 Å². The van der Waals surface area contributed by atoms with E-state index in [9.17, 15) is 14.4 Å². The highest BCUT2D eigenvalue weighted by Gasteiger charge is 2.49. The Labute approximate surface area is 175 Å². The van der Waals surface area contributed by atoms with Crippen LogP contribution in [0.4, 0.5) is 10.5 Å². The van der Waals surface area contributed by atoms with Crippen LogP contribution in [0.5, 0.6) is 5.75 Å². The molecule has 0 unspecified atom stereocenters. The zero-order valence-electron chi connectivity index (χ0n) is 17.2. The molecule has 0 aromatic heterocycles. The molecule has 1 atom stereocenters. The van der Waals surface area contributed by atoms with Crippen LogP contribution in [0.15, 0.2) is 48.5 Å². The number of fused-ring (bicyclic) bond motifs is 1. The van der Waals surface area contributed by atoms with Gasteiger partial charge in [0.25, 0.3) is 5.91 Å². The van der Waals surface area contributed by atoms with E-state index in [1.165, 1.54) is 0 Å². The van der Waals surface area contributed by atoms with Crippen LogP contribution in [0.1, 0.15) is 24.5 Å². The van der Waals surface area contributed by atoms with Gasteiger partial charge in [-0.05, 0) is 43.0 Å². The van der Waals surface area contributed by atoms with Crippen LogP contribution >= 0.6 is 0 Å². The van der Waals surface area contributed by atoms with Gasteiger partial charge in [0.15, 0.2) is 0 Å². The Morgan fingerprint density at radius 3 is 2.67 bits per heavy atom. The molecule has 7 heteroatoms. The van der Waals surface area contributed by atoms with Gasteiger partial charge in [0.05, 0.1) is 7.11 Å². The summed E-state index contributed by atoms with van der Waals surface area (Å²) in [6.07, 6.45) is 2.05. The fourth-order valence-corrected chi connectivity index (χ4v) is 4.25. The number of benzene rings is 2. The van der Waals surface area contributed by atoms with Crippen molar-refractivity contribution < 1.29 is 19.1 Å². The molecule has 7 nitrogen and oxygen atoms in total. The number of amides is 4. The summed E-state index contributed by atoms with van der Waals surface area (Å²) in [7, 11) is 1.57. The smallest absolute Gasteiger partial charge is 0.325 e. The number of nitrogens with zero attached hydrogens (tertiary/aromatic N) is 2. The average Bonchev–Trinajstić information content (AvgIpc) is 2.96. The number of para-hydroxylation sites is 2. The molecule has 2 aromatic carbocycles. The SMILES string of the molecule is COc1ccccc1C[C@@]1(C)NC(=O)N(CC(=O)N2CCCc3ccccc32)C1=O. The lowest BCUT2D eigenvalue weighted by atomic mass is 9.92. The normalized spacial score (nSPS) is 20.7. The van der Waals surface area contributed by atoms with E-state index >= 15 is 0 Å². The molecule has 2 aliphatic rings. The molecule has 2 aliphatic heterocycles. The first-order valence-corrected chi connectivity index (χ1v) is 10.1. The predicted molar refractivity (Wildman–Crippen MR) is 112 cm³/mol. The van der Waals surface area contributed by atoms with Gasteiger partial charge < -0.3 is 15.0 Å². The van der Waals surface area contributed by atoms with Gasteiger partial charge in [-0.15, -0.1) is 0 Å². The number of carbonyl (C=O) groups excluding carboxylic acids is 3. The maximum absolute atomic E-state index is 13.1. The average molecular weight is 407 g/mol. The van der Waals surface area contributed by atoms with Gasteiger partial charge in [-0.3, -0.25) is 14.5 Å². The Balaban J connectivity index is 1.51. The second-order valence-corrected chi connectivity index (χ2v) is 7.92. The number of anilines is 1. The van der Waals surface area contributed by atoms with E-state index < -0.39 is 17.5 Å². The molecule has 1 saturated heterocycles. The zero-order chi connectivity index (χ0) is 21.3. The van der Waals surface area contributed by atoms with Crippen molar-refractivity contribution in [1.29, 1.82) is 0 Å². The standard InChI is InChI=1S/C23H25N3O4/c1-23(14-17-9-4-6-12-19(17)30-2)21(28)26(22(29)24-23)15-20(27)25-13-7-10-16-8-3-5-11-18(16)25/h3-6,8-9,11-12H,7,10,13-15H2,1-2H3,(H,24,29)/t23-/m1/s1. The van der Waals surface area contributed by atoms with E-state index in [0.717, 1.165) is 34.6 Å². The molecule has 0 radical (unpaired) electrons. The van der Waals surface area contributed by atoms with Gasteiger partial charge in [-0.25, -0.2) is 4.79 Å². The quantitative estimate of drug-likeness (QED) is 0.773. The number of methoxy groups -OCH3 is 1. The van der Waals surface area contributed by atoms with Crippen molar-refractivity contribution in [3.63, 3.8) is 0 Å². The lowest BCUT2D eigenvalue weighted by molar-refractivity contribution is -0.133. The third kappa shape index (κ3) is 3.51. The molecule has 2 heterocycles. The lowest BCUT2D eigenvalue weighted by Gasteiger charge is -2.30. The first kappa shape index (κ1) is 19.9. The van der Waals surface area contributed by atoms with E-state index in [1.807, 2.05) is 48.5 Å². The number of aryl methyl sites for hydroxylation is 1. The minimum Gasteiger partial charge on any atom is -0.496 e. The Morgan fingerprint density at radius 2 is 1.87 bits per heavy atom. The van der Waals surface area contributed by atoms with E-state index in [4.69, 9.17) is 4.74 Å².